The Balaban J connectivity index is 1.75. The quantitative estimate of drug-likeness (QED) is 0.708. The largest absolute Gasteiger partial charge is 0.353 e. The molecule has 0 spiro atoms. The van der Waals surface area contributed by atoms with E-state index in [2.05, 4.69) is 0 Å². The second-order valence-corrected chi connectivity index (χ2v) is 6.54. The zero-order valence-electron chi connectivity index (χ0n) is 13.9. The van der Waals surface area contributed by atoms with Crippen LogP contribution in [0.25, 0.3) is 5.69 Å². The van der Waals surface area contributed by atoms with Gasteiger partial charge in [0.2, 0.25) is 0 Å². The fraction of sp³-hybridized carbons (Fsp3) is 0.211. The van der Waals surface area contributed by atoms with E-state index in [0.717, 1.165) is 10.3 Å². The molecule has 1 amide bonds. The number of benzene rings is 2. The third-order valence-electron chi connectivity index (χ3n) is 5.15. The van der Waals surface area contributed by atoms with E-state index in [-0.39, 0.29) is 5.91 Å². The molecule has 7 heteroatoms. The van der Waals surface area contributed by atoms with Crippen LogP contribution in [0.4, 0.5) is 5.69 Å². The van der Waals surface area contributed by atoms with Gasteiger partial charge in [0.15, 0.2) is 0 Å². The second kappa shape index (κ2) is 5.32. The zero-order valence-corrected chi connectivity index (χ0v) is 13.9. The van der Waals surface area contributed by atoms with Gasteiger partial charge in [-0.25, -0.2) is 23.5 Å². The first-order valence-electron chi connectivity index (χ1n) is 8.58. The maximum absolute atomic E-state index is 13.1. The van der Waals surface area contributed by atoms with E-state index in [0.29, 0.717) is 18.5 Å². The number of aromatic nitrogens is 3. The number of fused-ring (bicyclic) bond motifs is 2. The lowest BCUT2D eigenvalue weighted by atomic mass is 9.99. The SMILES string of the molecule is O=C1C2CCC(N1c1ccccc1)n1c(=O)n(-c3ccccc3)c(=O)n12. The van der Waals surface area contributed by atoms with Crippen molar-refractivity contribution in [1.82, 2.24) is 13.9 Å². The van der Waals surface area contributed by atoms with E-state index in [1.165, 1.54) is 9.36 Å². The van der Waals surface area contributed by atoms with Crippen LogP contribution in [0.5, 0.6) is 0 Å². The molecule has 130 valence electrons. The highest BCUT2D eigenvalue weighted by Gasteiger charge is 2.47. The van der Waals surface area contributed by atoms with E-state index in [1.807, 2.05) is 36.4 Å². The van der Waals surface area contributed by atoms with E-state index >= 15 is 0 Å². The molecular weight excluding hydrogens is 332 g/mol. The van der Waals surface area contributed by atoms with Gasteiger partial charge in [0.05, 0.1) is 5.69 Å². The monoisotopic (exact) mass is 348 g/mol. The minimum atomic E-state index is -0.648. The van der Waals surface area contributed by atoms with Crippen LogP contribution in [0.2, 0.25) is 0 Å². The average Bonchev–Trinajstić information content (AvgIpc) is 2.96. The Hall–Kier alpha value is -3.35. The lowest BCUT2D eigenvalue weighted by molar-refractivity contribution is -0.128. The summed E-state index contributed by atoms with van der Waals surface area (Å²) < 4.78 is 3.93. The molecule has 2 aromatic carbocycles. The summed E-state index contributed by atoms with van der Waals surface area (Å²) in [7, 11) is 0. The molecule has 2 bridgehead atoms. The molecule has 4 heterocycles. The molecule has 1 saturated heterocycles. The highest BCUT2D eigenvalue weighted by Crippen LogP contribution is 2.39. The number of hydrogen-bond acceptors (Lipinski definition) is 3. The first-order valence-corrected chi connectivity index (χ1v) is 8.58. The molecule has 2 unspecified atom stereocenters. The van der Waals surface area contributed by atoms with Gasteiger partial charge < -0.3 is 0 Å². The standard InChI is InChI=1S/C19H16N4O3/c24-17-15-11-12-16(20(17)13-7-3-1-4-8-13)23-19(26)21(18(25)22(15)23)14-9-5-2-6-10-14/h1-10,15-16H,11-12H2. The third kappa shape index (κ3) is 1.85. The molecule has 3 aliphatic heterocycles. The van der Waals surface area contributed by atoms with Gasteiger partial charge in [0, 0.05) is 5.69 Å². The molecule has 6 rings (SSSR count). The molecule has 0 saturated carbocycles. The van der Waals surface area contributed by atoms with Crippen LogP contribution in [-0.4, -0.2) is 19.8 Å². The minimum absolute atomic E-state index is 0.139. The fourth-order valence-electron chi connectivity index (χ4n) is 4.04. The van der Waals surface area contributed by atoms with Gasteiger partial charge in [-0.2, -0.15) is 0 Å². The fourth-order valence-corrected chi connectivity index (χ4v) is 4.04. The summed E-state index contributed by atoms with van der Waals surface area (Å²) in [6, 6.07) is 17.5. The number of carbonyl (C=O) groups is 1. The lowest BCUT2D eigenvalue weighted by Crippen LogP contribution is -2.57. The van der Waals surface area contributed by atoms with Crippen molar-refractivity contribution in [2.45, 2.75) is 25.0 Å². The Bertz CT molecular complexity index is 1110. The summed E-state index contributed by atoms with van der Waals surface area (Å²) in [5.74, 6) is -0.139. The molecule has 3 aromatic rings. The zero-order chi connectivity index (χ0) is 17.8. The van der Waals surface area contributed by atoms with Crippen LogP contribution in [0.1, 0.15) is 25.0 Å². The van der Waals surface area contributed by atoms with Crippen molar-refractivity contribution in [2.24, 2.45) is 0 Å². The molecule has 2 atom stereocenters. The summed E-state index contributed by atoms with van der Waals surface area (Å²) in [5.41, 5.74) is 0.376. The highest BCUT2D eigenvalue weighted by atomic mass is 16.2. The van der Waals surface area contributed by atoms with Gasteiger partial charge in [-0.1, -0.05) is 36.4 Å². The van der Waals surface area contributed by atoms with Crippen molar-refractivity contribution < 1.29 is 4.79 Å². The lowest BCUT2D eigenvalue weighted by Gasteiger charge is -2.45. The molecule has 7 nitrogen and oxygen atoms in total. The van der Waals surface area contributed by atoms with Crippen molar-refractivity contribution in [3.05, 3.63) is 81.6 Å². The molecule has 3 aliphatic rings. The van der Waals surface area contributed by atoms with E-state index in [4.69, 9.17) is 0 Å². The highest BCUT2D eigenvalue weighted by molar-refractivity contribution is 5.97. The van der Waals surface area contributed by atoms with E-state index in [9.17, 15) is 14.4 Å². The molecule has 1 fully saturated rings. The predicted octanol–water partition coefficient (Wildman–Crippen LogP) is 1.68. The smallest absolute Gasteiger partial charge is 0.288 e. The normalized spacial score (nSPS) is 21.1. The van der Waals surface area contributed by atoms with Crippen LogP contribution in [0.15, 0.2) is 70.3 Å². The number of anilines is 1. The molecule has 0 N–H and O–H groups in total. The van der Waals surface area contributed by atoms with Crippen LogP contribution in [-0.2, 0) is 4.79 Å². The third-order valence-corrected chi connectivity index (χ3v) is 5.15. The molecule has 1 aromatic heterocycles. The van der Waals surface area contributed by atoms with Crippen LogP contribution < -0.4 is 16.3 Å². The van der Waals surface area contributed by atoms with Crippen LogP contribution >= 0.6 is 0 Å². The molecule has 0 aliphatic carbocycles. The Morgan fingerprint density at radius 3 is 1.92 bits per heavy atom. The van der Waals surface area contributed by atoms with E-state index in [1.54, 1.807) is 29.2 Å². The van der Waals surface area contributed by atoms with Crippen LogP contribution in [0.3, 0.4) is 0 Å². The topological polar surface area (TPSA) is 69.2 Å². The summed E-state index contributed by atoms with van der Waals surface area (Å²) in [5, 5.41) is 0. The predicted molar refractivity (Wildman–Crippen MR) is 95.5 cm³/mol. The average molecular weight is 348 g/mol. The number of piperidine rings is 1. The van der Waals surface area contributed by atoms with Gasteiger partial charge in [0.1, 0.15) is 12.2 Å². The number of para-hydroxylation sites is 2. The van der Waals surface area contributed by atoms with Gasteiger partial charge in [-0.05, 0) is 37.1 Å². The Kier molecular flexibility index (Phi) is 3.06. The summed E-state index contributed by atoms with van der Waals surface area (Å²) in [6.07, 6.45) is 0.717. The number of carbonyl (C=O) groups excluding carboxylic acids is 1. The van der Waals surface area contributed by atoms with Gasteiger partial charge in [0.25, 0.3) is 5.91 Å². The van der Waals surface area contributed by atoms with Crippen molar-refractivity contribution in [3.63, 3.8) is 0 Å². The molecular formula is C19H16N4O3. The number of nitrogens with zero attached hydrogens (tertiary/aromatic N) is 4. The van der Waals surface area contributed by atoms with Crippen molar-refractivity contribution in [1.29, 1.82) is 0 Å². The summed E-state index contributed by atoms with van der Waals surface area (Å²) >= 11 is 0. The number of amides is 1. The van der Waals surface area contributed by atoms with Crippen molar-refractivity contribution >= 4 is 11.6 Å². The summed E-state index contributed by atoms with van der Waals surface area (Å²) in [6.45, 7) is 0. The van der Waals surface area contributed by atoms with Crippen molar-refractivity contribution in [2.75, 3.05) is 4.90 Å². The Labute approximate surface area is 148 Å². The number of hydrogen-bond donors (Lipinski definition) is 0. The Morgan fingerprint density at radius 1 is 0.692 bits per heavy atom. The maximum Gasteiger partial charge on any atom is 0.353 e. The minimum Gasteiger partial charge on any atom is -0.288 e. The molecule has 0 radical (unpaired) electrons. The number of rotatable bonds is 2. The second-order valence-electron chi connectivity index (χ2n) is 6.54. The first kappa shape index (κ1) is 14.9. The van der Waals surface area contributed by atoms with Gasteiger partial charge in [-0.15, -0.1) is 0 Å². The van der Waals surface area contributed by atoms with Gasteiger partial charge >= 0.3 is 11.4 Å². The van der Waals surface area contributed by atoms with Crippen molar-refractivity contribution in [3.8, 4) is 5.69 Å². The maximum atomic E-state index is 13.1. The van der Waals surface area contributed by atoms with Crippen LogP contribution in [0, 0.1) is 0 Å². The van der Waals surface area contributed by atoms with Gasteiger partial charge in [-0.3, -0.25) is 9.69 Å². The summed E-state index contributed by atoms with van der Waals surface area (Å²) in [4.78, 5) is 40.7. The molecule has 26 heavy (non-hydrogen) atoms. The van der Waals surface area contributed by atoms with E-state index < -0.39 is 23.6 Å². The first-order chi connectivity index (χ1) is 12.7. The Morgan fingerprint density at radius 2 is 1.27 bits per heavy atom.